The van der Waals surface area contributed by atoms with Crippen molar-refractivity contribution >= 4 is 17.0 Å². The summed E-state index contributed by atoms with van der Waals surface area (Å²) in [4.78, 5) is 0. The van der Waals surface area contributed by atoms with Crippen LogP contribution in [0.2, 0.25) is 0 Å². The molecule has 4 rings (SSSR count). The number of fused-ring (bicyclic) bond motifs is 3. The summed E-state index contributed by atoms with van der Waals surface area (Å²) >= 11 is 0. The van der Waals surface area contributed by atoms with Crippen molar-refractivity contribution in [1.82, 2.24) is 0 Å². The van der Waals surface area contributed by atoms with Crippen LogP contribution in [-0.2, 0) is 6.42 Å². The highest BCUT2D eigenvalue weighted by atomic mass is 16.3. The molecule has 0 unspecified atom stereocenters. The van der Waals surface area contributed by atoms with Crippen molar-refractivity contribution in [3.63, 3.8) is 0 Å². The lowest BCUT2D eigenvalue weighted by Crippen LogP contribution is -1.89. The summed E-state index contributed by atoms with van der Waals surface area (Å²) in [7, 11) is 0. The van der Waals surface area contributed by atoms with E-state index in [9.17, 15) is 0 Å². The maximum absolute atomic E-state index is 5.92. The van der Waals surface area contributed by atoms with Gasteiger partial charge in [0.05, 0.1) is 0 Å². The second kappa shape index (κ2) is 4.38. The van der Waals surface area contributed by atoms with E-state index < -0.39 is 0 Å². The second-order valence-electron chi connectivity index (χ2n) is 5.47. The highest BCUT2D eigenvalue weighted by Crippen LogP contribution is 2.33. The van der Waals surface area contributed by atoms with Crippen LogP contribution < -0.4 is 0 Å². The van der Waals surface area contributed by atoms with E-state index in [4.69, 9.17) is 4.42 Å². The van der Waals surface area contributed by atoms with Crippen molar-refractivity contribution in [2.45, 2.75) is 19.8 Å². The number of allylic oxidation sites excluding steroid dienone is 1. The SMILES string of the molecule is Cc1cccc(-c2ccc3oc4c(c3c2)CCC=C4)c1. The number of hydrogen-bond acceptors (Lipinski definition) is 1. The van der Waals surface area contributed by atoms with E-state index in [0.29, 0.717) is 0 Å². The Hall–Kier alpha value is -2.28. The topological polar surface area (TPSA) is 13.1 Å². The van der Waals surface area contributed by atoms with Gasteiger partial charge in [-0.05, 0) is 49.1 Å². The molecule has 1 aliphatic carbocycles. The van der Waals surface area contributed by atoms with E-state index in [-0.39, 0.29) is 0 Å². The Morgan fingerprint density at radius 2 is 1.90 bits per heavy atom. The fourth-order valence-electron chi connectivity index (χ4n) is 2.98. The van der Waals surface area contributed by atoms with Crippen LogP contribution in [0.3, 0.4) is 0 Å². The molecule has 0 radical (unpaired) electrons. The van der Waals surface area contributed by atoms with Gasteiger partial charge < -0.3 is 4.42 Å². The Kier molecular flexibility index (Phi) is 2.53. The molecule has 98 valence electrons. The van der Waals surface area contributed by atoms with Crippen molar-refractivity contribution < 1.29 is 4.42 Å². The molecular formula is C19H16O. The van der Waals surface area contributed by atoms with Crippen LogP contribution in [0, 0.1) is 6.92 Å². The van der Waals surface area contributed by atoms with Crippen LogP contribution in [-0.4, -0.2) is 0 Å². The zero-order valence-electron chi connectivity index (χ0n) is 11.5. The van der Waals surface area contributed by atoms with E-state index in [1.807, 2.05) is 0 Å². The summed E-state index contributed by atoms with van der Waals surface area (Å²) in [5.74, 6) is 1.03. The van der Waals surface area contributed by atoms with Gasteiger partial charge in [0.1, 0.15) is 11.3 Å². The molecule has 2 aromatic carbocycles. The van der Waals surface area contributed by atoms with Gasteiger partial charge in [-0.15, -0.1) is 0 Å². The number of rotatable bonds is 1. The van der Waals surface area contributed by atoms with Crippen LogP contribution in [0.25, 0.3) is 28.2 Å². The molecule has 0 bridgehead atoms. The van der Waals surface area contributed by atoms with Crippen LogP contribution in [0.1, 0.15) is 23.3 Å². The van der Waals surface area contributed by atoms with Gasteiger partial charge in [-0.1, -0.05) is 42.0 Å². The molecule has 0 saturated carbocycles. The van der Waals surface area contributed by atoms with E-state index in [1.165, 1.54) is 27.6 Å². The molecule has 20 heavy (non-hydrogen) atoms. The van der Waals surface area contributed by atoms with Gasteiger partial charge >= 0.3 is 0 Å². The average Bonchev–Trinajstić information content (AvgIpc) is 2.85. The predicted molar refractivity (Wildman–Crippen MR) is 83.7 cm³/mol. The van der Waals surface area contributed by atoms with E-state index >= 15 is 0 Å². The summed E-state index contributed by atoms with van der Waals surface area (Å²) in [5.41, 5.74) is 6.18. The van der Waals surface area contributed by atoms with Crippen molar-refractivity contribution in [2.75, 3.05) is 0 Å². The Labute approximate surface area is 118 Å². The highest BCUT2D eigenvalue weighted by molar-refractivity contribution is 5.89. The molecule has 0 N–H and O–H groups in total. The smallest absolute Gasteiger partial charge is 0.135 e. The Bertz CT molecular complexity index is 821. The Morgan fingerprint density at radius 3 is 2.80 bits per heavy atom. The molecule has 0 spiro atoms. The Morgan fingerprint density at radius 1 is 1.00 bits per heavy atom. The third-order valence-electron chi connectivity index (χ3n) is 4.00. The number of benzene rings is 2. The molecule has 1 heteroatoms. The summed E-state index contributed by atoms with van der Waals surface area (Å²) < 4.78 is 5.92. The molecule has 1 aliphatic rings. The molecule has 3 aromatic rings. The first-order valence-electron chi connectivity index (χ1n) is 7.10. The molecule has 1 nitrogen and oxygen atoms in total. The van der Waals surface area contributed by atoms with Gasteiger partial charge in [-0.25, -0.2) is 0 Å². The number of hydrogen-bond donors (Lipinski definition) is 0. The third kappa shape index (κ3) is 1.78. The molecule has 0 saturated heterocycles. The van der Waals surface area contributed by atoms with Gasteiger partial charge in [0.25, 0.3) is 0 Å². The van der Waals surface area contributed by atoms with Gasteiger partial charge in [0.15, 0.2) is 0 Å². The highest BCUT2D eigenvalue weighted by Gasteiger charge is 2.14. The molecule has 1 aromatic heterocycles. The lowest BCUT2D eigenvalue weighted by atomic mass is 9.97. The normalized spacial score (nSPS) is 13.7. The minimum Gasteiger partial charge on any atom is -0.456 e. The van der Waals surface area contributed by atoms with Crippen molar-refractivity contribution in [1.29, 1.82) is 0 Å². The maximum Gasteiger partial charge on any atom is 0.135 e. The minimum atomic E-state index is 0.998. The van der Waals surface area contributed by atoms with E-state index in [1.54, 1.807) is 0 Å². The number of aryl methyl sites for hydroxylation is 2. The summed E-state index contributed by atoms with van der Waals surface area (Å²) in [6, 6.07) is 15.2. The second-order valence-corrected chi connectivity index (χ2v) is 5.47. The van der Waals surface area contributed by atoms with Crippen molar-refractivity contribution in [3.05, 3.63) is 65.4 Å². The van der Waals surface area contributed by atoms with Gasteiger partial charge in [-0.2, -0.15) is 0 Å². The zero-order chi connectivity index (χ0) is 13.5. The van der Waals surface area contributed by atoms with Crippen molar-refractivity contribution in [2.24, 2.45) is 0 Å². The fraction of sp³-hybridized carbons (Fsp3) is 0.158. The quantitative estimate of drug-likeness (QED) is 0.573. The molecule has 1 heterocycles. The van der Waals surface area contributed by atoms with Crippen molar-refractivity contribution in [3.8, 4) is 11.1 Å². The predicted octanol–water partition coefficient (Wildman–Crippen LogP) is 5.37. The molecule has 0 fully saturated rings. The summed E-state index contributed by atoms with van der Waals surface area (Å²) in [5, 5.41) is 1.27. The molecule has 0 aliphatic heterocycles. The standard InChI is InChI=1S/C19H16O/c1-13-5-4-6-14(11-13)15-9-10-19-17(12-15)16-7-2-3-8-18(16)20-19/h3-6,8-12H,2,7H2,1H3. The van der Waals surface area contributed by atoms with Crippen LogP contribution >= 0.6 is 0 Å². The first kappa shape index (κ1) is 11.5. The van der Waals surface area contributed by atoms with Crippen LogP contribution in [0.15, 0.2) is 53.0 Å². The minimum absolute atomic E-state index is 0.998. The first-order valence-corrected chi connectivity index (χ1v) is 7.10. The largest absolute Gasteiger partial charge is 0.456 e. The lowest BCUT2D eigenvalue weighted by Gasteiger charge is -2.05. The molecular weight excluding hydrogens is 244 g/mol. The first-order chi connectivity index (χ1) is 9.81. The van der Waals surface area contributed by atoms with Gasteiger partial charge in [0.2, 0.25) is 0 Å². The van der Waals surface area contributed by atoms with Gasteiger partial charge in [-0.3, -0.25) is 0 Å². The number of furan rings is 1. The van der Waals surface area contributed by atoms with E-state index in [0.717, 1.165) is 24.2 Å². The fourth-order valence-corrected chi connectivity index (χ4v) is 2.98. The lowest BCUT2D eigenvalue weighted by molar-refractivity contribution is 0.595. The summed E-state index contributed by atoms with van der Waals surface area (Å²) in [6.45, 7) is 2.13. The maximum atomic E-state index is 5.92. The van der Waals surface area contributed by atoms with E-state index in [2.05, 4.69) is 61.5 Å². The molecule has 0 amide bonds. The monoisotopic (exact) mass is 260 g/mol. The third-order valence-corrected chi connectivity index (χ3v) is 4.00. The van der Waals surface area contributed by atoms with Crippen LogP contribution in [0.5, 0.6) is 0 Å². The average molecular weight is 260 g/mol. The van der Waals surface area contributed by atoms with Gasteiger partial charge in [0, 0.05) is 10.9 Å². The van der Waals surface area contributed by atoms with Crippen LogP contribution in [0.4, 0.5) is 0 Å². The molecule has 0 atom stereocenters. The summed E-state index contributed by atoms with van der Waals surface area (Å²) in [6.07, 6.45) is 6.48. The Balaban J connectivity index is 1.92. The zero-order valence-corrected chi connectivity index (χ0v) is 11.5.